The molecule has 29 heavy (non-hydrogen) atoms. The average molecular weight is 393 g/mol. The van der Waals surface area contributed by atoms with Gasteiger partial charge < -0.3 is 0 Å². The summed E-state index contributed by atoms with van der Waals surface area (Å²) < 4.78 is 13.1. The lowest BCUT2D eigenvalue weighted by Crippen LogP contribution is -2.41. The summed E-state index contributed by atoms with van der Waals surface area (Å²) in [6.07, 6.45) is 18.6. The first-order chi connectivity index (χ1) is 14.1. The molecule has 2 aromatic rings. The minimum atomic E-state index is -0.172. The molecule has 5 rings (SSSR count). The highest BCUT2D eigenvalue weighted by atomic mass is 19.1. The van der Waals surface area contributed by atoms with Crippen LogP contribution in [0.5, 0.6) is 0 Å². The van der Waals surface area contributed by atoms with E-state index in [1.807, 2.05) is 12.1 Å². The standard InChI is InChI=1S/C28H37F/c1-2-3-4-5-15-27-17-20-28(21-18-27,22-19-27)16-14-23-6-8-24(9-7-23)25-10-12-26(29)13-11-25/h6-13H,2-5,14-22H2,1H3. The summed E-state index contributed by atoms with van der Waals surface area (Å²) in [4.78, 5) is 0. The lowest BCUT2D eigenvalue weighted by molar-refractivity contribution is -0.0205. The topological polar surface area (TPSA) is 0 Å². The van der Waals surface area contributed by atoms with Crippen LogP contribution in [0.1, 0.15) is 89.5 Å². The number of unbranched alkanes of at least 4 members (excludes halogenated alkanes) is 3. The first kappa shape index (κ1) is 20.6. The zero-order valence-corrected chi connectivity index (χ0v) is 18.2. The molecule has 3 aliphatic rings. The van der Waals surface area contributed by atoms with Crippen molar-refractivity contribution in [1.29, 1.82) is 0 Å². The van der Waals surface area contributed by atoms with E-state index in [0.29, 0.717) is 10.8 Å². The van der Waals surface area contributed by atoms with E-state index in [1.165, 1.54) is 94.6 Å². The summed E-state index contributed by atoms with van der Waals surface area (Å²) >= 11 is 0. The van der Waals surface area contributed by atoms with Crippen LogP contribution in [0.15, 0.2) is 48.5 Å². The maximum absolute atomic E-state index is 13.1. The first-order valence-electron chi connectivity index (χ1n) is 12.0. The van der Waals surface area contributed by atoms with E-state index in [1.54, 1.807) is 12.1 Å². The molecular weight excluding hydrogens is 355 g/mol. The first-order valence-corrected chi connectivity index (χ1v) is 12.0. The van der Waals surface area contributed by atoms with Crippen LogP contribution in [-0.4, -0.2) is 0 Å². The second-order valence-electron chi connectivity index (χ2n) is 10.0. The molecule has 3 saturated carbocycles. The summed E-state index contributed by atoms with van der Waals surface area (Å²) in [5.41, 5.74) is 5.06. The largest absolute Gasteiger partial charge is 0.207 e. The summed E-state index contributed by atoms with van der Waals surface area (Å²) in [5, 5.41) is 0. The zero-order chi connectivity index (χ0) is 20.2. The third kappa shape index (κ3) is 4.93. The van der Waals surface area contributed by atoms with Crippen molar-refractivity contribution >= 4 is 0 Å². The van der Waals surface area contributed by atoms with Gasteiger partial charge in [0.05, 0.1) is 0 Å². The highest BCUT2D eigenvalue weighted by Gasteiger charge is 2.47. The van der Waals surface area contributed by atoms with E-state index in [9.17, 15) is 4.39 Å². The molecule has 3 aliphatic carbocycles. The van der Waals surface area contributed by atoms with Gasteiger partial charge in [0.1, 0.15) is 5.82 Å². The number of aryl methyl sites for hydroxylation is 1. The Morgan fingerprint density at radius 3 is 1.72 bits per heavy atom. The van der Waals surface area contributed by atoms with Crippen molar-refractivity contribution in [3.05, 3.63) is 59.9 Å². The van der Waals surface area contributed by atoms with Crippen LogP contribution in [0.25, 0.3) is 11.1 Å². The highest BCUT2D eigenvalue weighted by Crippen LogP contribution is 2.60. The minimum absolute atomic E-state index is 0.172. The van der Waals surface area contributed by atoms with Crippen molar-refractivity contribution in [2.75, 3.05) is 0 Å². The molecule has 2 bridgehead atoms. The molecule has 0 aliphatic heterocycles. The number of fused-ring (bicyclic) bond motifs is 3. The van der Waals surface area contributed by atoms with E-state index in [4.69, 9.17) is 0 Å². The Kier molecular flexibility index (Phi) is 6.42. The van der Waals surface area contributed by atoms with Crippen LogP contribution in [-0.2, 0) is 6.42 Å². The van der Waals surface area contributed by atoms with Crippen LogP contribution in [0.3, 0.4) is 0 Å². The lowest BCUT2D eigenvalue weighted by atomic mass is 9.51. The molecule has 0 heterocycles. The second-order valence-corrected chi connectivity index (χ2v) is 10.0. The van der Waals surface area contributed by atoms with Gasteiger partial charge in [-0.25, -0.2) is 4.39 Å². The fraction of sp³-hybridized carbons (Fsp3) is 0.571. The molecule has 0 unspecified atom stereocenters. The summed E-state index contributed by atoms with van der Waals surface area (Å²) in [5.74, 6) is -0.172. The Morgan fingerprint density at radius 1 is 0.655 bits per heavy atom. The van der Waals surface area contributed by atoms with Crippen molar-refractivity contribution < 1.29 is 4.39 Å². The number of rotatable bonds is 9. The Hall–Kier alpha value is -1.63. The van der Waals surface area contributed by atoms with Crippen LogP contribution in [0, 0.1) is 16.6 Å². The molecule has 0 spiro atoms. The van der Waals surface area contributed by atoms with Gasteiger partial charge >= 0.3 is 0 Å². The third-order valence-electron chi connectivity index (χ3n) is 8.19. The molecule has 0 saturated heterocycles. The van der Waals surface area contributed by atoms with Gasteiger partial charge in [0.2, 0.25) is 0 Å². The van der Waals surface area contributed by atoms with Crippen molar-refractivity contribution in [3.63, 3.8) is 0 Å². The number of hydrogen-bond donors (Lipinski definition) is 0. The monoisotopic (exact) mass is 392 g/mol. The maximum Gasteiger partial charge on any atom is 0.123 e. The highest BCUT2D eigenvalue weighted by molar-refractivity contribution is 5.63. The zero-order valence-electron chi connectivity index (χ0n) is 18.2. The van der Waals surface area contributed by atoms with E-state index in [-0.39, 0.29) is 5.82 Å². The van der Waals surface area contributed by atoms with E-state index in [2.05, 4.69) is 31.2 Å². The molecule has 2 aromatic carbocycles. The quantitative estimate of drug-likeness (QED) is 0.374. The molecular formula is C28H37F. The van der Waals surface area contributed by atoms with E-state index < -0.39 is 0 Å². The predicted molar refractivity (Wildman–Crippen MR) is 121 cm³/mol. The molecule has 0 N–H and O–H groups in total. The summed E-state index contributed by atoms with van der Waals surface area (Å²) in [7, 11) is 0. The van der Waals surface area contributed by atoms with Crippen LogP contribution in [0.2, 0.25) is 0 Å². The van der Waals surface area contributed by atoms with Gasteiger partial charge in [0.25, 0.3) is 0 Å². The normalized spacial score (nSPS) is 26.0. The number of hydrogen-bond acceptors (Lipinski definition) is 0. The number of halogens is 1. The maximum atomic E-state index is 13.1. The van der Waals surface area contributed by atoms with Gasteiger partial charge in [-0.1, -0.05) is 69.0 Å². The smallest absolute Gasteiger partial charge is 0.123 e. The van der Waals surface area contributed by atoms with Gasteiger partial charge in [-0.15, -0.1) is 0 Å². The van der Waals surface area contributed by atoms with Crippen molar-refractivity contribution in [3.8, 4) is 11.1 Å². The van der Waals surface area contributed by atoms with E-state index in [0.717, 1.165) is 5.56 Å². The Balaban J connectivity index is 1.28. The fourth-order valence-electron chi connectivity index (χ4n) is 5.93. The van der Waals surface area contributed by atoms with Gasteiger partial charge in [-0.2, -0.15) is 0 Å². The molecule has 0 atom stereocenters. The Bertz CT molecular complexity index is 746. The average Bonchev–Trinajstić information content (AvgIpc) is 2.78. The van der Waals surface area contributed by atoms with E-state index >= 15 is 0 Å². The summed E-state index contributed by atoms with van der Waals surface area (Å²) in [6, 6.07) is 15.8. The Labute approximate surface area is 176 Å². The second kappa shape index (κ2) is 9.02. The molecule has 0 radical (unpaired) electrons. The lowest BCUT2D eigenvalue weighted by Gasteiger charge is -2.54. The van der Waals surface area contributed by atoms with Crippen LogP contribution >= 0.6 is 0 Å². The molecule has 0 amide bonds. The summed E-state index contributed by atoms with van der Waals surface area (Å²) in [6.45, 7) is 2.31. The minimum Gasteiger partial charge on any atom is -0.207 e. The van der Waals surface area contributed by atoms with Gasteiger partial charge in [0, 0.05) is 0 Å². The molecule has 0 aromatic heterocycles. The SMILES string of the molecule is CCCCCCC12CCC(CCc3ccc(-c4ccc(F)cc4)cc3)(CC1)CC2. The van der Waals surface area contributed by atoms with Crippen molar-refractivity contribution in [1.82, 2.24) is 0 Å². The van der Waals surface area contributed by atoms with Gasteiger partial charge in [0.15, 0.2) is 0 Å². The van der Waals surface area contributed by atoms with Gasteiger partial charge in [-0.3, -0.25) is 0 Å². The molecule has 3 fully saturated rings. The molecule has 156 valence electrons. The van der Waals surface area contributed by atoms with Gasteiger partial charge in [-0.05, 0) is 97.4 Å². The number of benzene rings is 2. The molecule has 0 nitrogen and oxygen atoms in total. The van der Waals surface area contributed by atoms with Crippen LogP contribution in [0.4, 0.5) is 4.39 Å². The molecule has 1 heteroatoms. The van der Waals surface area contributed by atoms with Crippen molar-refractivity contribution in [2.45, 2.75) is 90.4 Å². The van der Waals surface area contributed by atoms with Crippen molar-refractivity contribution in [2.24, 2.45) is 10.8 Å². The Morgan fingerprint density at radius 2 is 1.17 bits per heavy atom. The third-order valence-corrected chi connectivity index (χ3v) is 8.19. The van der Waals surface area contributed by atoms with Crippen LogP contribution < -0.4 is 0 Å². The fourth-order valence-corrected chi connectivity index (χ4v) is 5.93. The predicted octanol–water partition coefficient (Wildman–Crippen LogP) is 8.74.